The zero-order valence-electron chi connectivity index (χ0n) is 11.0. The third kappa shape index (κ3) is 3.71. The van der Waals surface area contributed by atoms with Crippen molar-refractivity contribution >= 4 is 25.6 Å². The van der Waals surface area contributed by atoms with Crippen molar-refractivity contribution < 1.29 is 17.9 Å². The fourth-order valence-corrected chi connectivity index (χ4v) is 2.86. The second kappa shape index (κ2) is 6.11. The minimum absolute atomic E-state index is 0.0178. The number of carbonyl (C=O) groups is 1. The van der Waals surface area contributed by atoms with Crippen LogP contribution in [0.15, 0.2) is 29.2 Å². The third-order valence-corrected chi connectivity index (χ3v) is 4.60. The molecule has 0 atom stereocenters. The standard InChI is InChI=1S/C13H16ClNO4S/c1-2-19-11-7-10(8-11)15-13(16)9-3-5-12(6-4-9)20(14,17)18/h3-6,10-11H,2,7-8H2,1H3,(H,15,16). The van der Waals surface area contributed by atoms with Crippen LogP contribution in [0.3, 0.4) is 0 Å². The highest BCUT2D eigenvalue weighted by atomic mass is 35.7. The Morgan fingerprint density at radius 2 is 1.95 bits per heavy atom. The van der Waals surface area contributed by atoms with E-state index >= 15 is 0 Å². The van der Waals surface area contributed by atoms with Gasteiger partial charge in [-0.3, -0.25) is 4.79 Å². The molecule has 2 rings (SSSR count). The Balaban J connectivity index is 1.91. The maximum atomic E-state index is 11.9. The molecule has 5 nitrogen and oxygen atoms in total. The molecule has 1 saturated carbocycles. The van der Waals surface area contributed by atoms with Gasteiger partial charge in [-0.15, -0.1) is 0 Å². The van der Waals surface area contributed by atoms with Crippen LogP contribution in [0, 0.1) is 0 Å². The van der Waals surface area contributed by atoms with E-state index in [-0.39, 0.29) is 22.9 Å². The highest BCUT2D eigenvalue weighted by molar-refractivity contribution is 8.13. The Morgan fingerprint density at radius 3 is 2.45 bits per heavy atom. The van der Waals surface area contributed by atoms with Crippen LogP contribution in [0.25, 0.3) is 0 Å². The average Bonchev–Trinajstić information content (AvgIpc) is 2.35. The molecule has 1 aromatic rings. The van der Waals surface area contributed by atoms with Gasteiger partial charge >= 0.3 is 0 Å². The van der Waals surface area contributed by atoms with Crippen molar-refractivity contribution in [3.63, 3.8) is 0 Å². The van der Waals surface area contributed by atoms with Crippen LogP contribution in [0.5, 0.6) is 0 Å². The maximum Gasteiger partial charge on any atom is 0.261 e. The first-order chi connectivity index (χ1) is 9.40. The van der Waals surface area contributed by atoms with E-state index in [9.17, 15) is 13.2 Å². The topological polar surface area (TPSA) is 72.5 Å². The first-order valence-electron chi connectivity index (χ1n) is 6.37. The molecule has 1 fully saturated rings. The molecular weight excluding hydrogens is 302 g/mol. The summed E-state index contributed by atoms with van der Waals surface area (Å²) in [6.07, 6.45) is 1.86. The summed E-state index contributed by atoms with van der Waals surface area (Å²) in [5.74, 6) is -0.219. The molecular formula is C13H16ClNO4S. The van der Waals surface area contributed by atoms with Crippen molar-refractivity contribution in [2.45, 2.75) is 36.8 Å². The smallest absolute Gasteiger partial charge is 0.261 e. The summed E-state index contributed by atoms with van der Waals surface area (Å²) in [6, 6.07) is 5.66. The molecule has 0 aromatic heterocycles. The van der Waals surface area contributed by atoms with Gasteiger partial charge in [-0.05, 0) is 44.0 Å². The number of rotatable bonds is 5. The quantitative estimate of drug-likeness (QED) is 0.842. The molecule has 0 saturated heterocycles. The second-order valence-corrected chi connectivity index (χ2v) is 7.25. The molecule has 1 aromatic carbocycles. The van der Waals surface area contributed by atoms with Crippen molar-refractivity contribution in [3.8, 4) is 0 Å². The molecule has 0 unspecified atom stereocenters. The van der Waals surface area contributed by atoms with E-state index in [1.54, 1.807) is 0 Å². The van der Waals surface area contributed by atoms with Crippen LogP contribution in [-0.2, 0) is 13.8 Å². The molecule has 1 aliphatic rings. The highest BCUT2D eigenvalue weighted by Crippen LogP contribution is 2.23. The lowest BCUT2D eigenvalue weighted by Crippen LogP contribution is -2.47. The third-order valence-electron chi connectivity index (χ3n) is 3.23. The Morgan fingerprint density at radius 1 is 1.35 bits per heavy atom. The van der Waals surface area contributed by atoms with Gasteiger partial charge < -0.3 is 10.1 Å². The highest BCUT2D eigenvalue weighted by Gasteiger charge is 2.30. The molecule has 0 spiro atoms. The van der Waals surface area contributed by atoms with Crippen LogP contribution >= 0.6 is 10.7 Å². The maximum absolute atomic E-state index is 11.9. The van der Waals surface area contributed by atoms with Gasteiger partial charge in [-0.1, -0.05) is 0 Å². The predicted octanol–water partition coefficient (Wildman–Crippen LogP) is 1.91. The van der Waals surface area contributed by atoms with E-state index in [0.29, 0.717) is 12.2 Å². The van der Waals surface area contributed by atoms with Gasteiger partial charge in [0.1, 0.15) is 0 Å². The van der Waals surface area contributed by atoms with E-state index in [2.05, 4.69) is 5.32 Å². The van der Waals surface area contributed by atoms with Crippen molar-refractivity contribution in [1.29, 1.82) is 0 Å². The molecule has 0 bridgehead atoms. The molecule has 0 aliphatic heterocycles. The lowest BCUT2D eigenvalue weighted by molar-refractivity contribution is -0.00862. The summed E-state index contributed by atoms with van der Waals surface area (Å²) in [7, 11) is 1.46. The molecule has 0 radical (unpaired) electrons. The molecule has 1 aliphatic carbocycles. The largest absolute Gasteiger partial charge is 0.378 e. The van der Waals surface area contributed by atoms with E-state index in [1.165, 1.54) is 24.3 Å². The summed E-state index contributed by atoms with van der Waals surface area (Å²) in [5, 5.41) is 2.88. The summed E-state index contributed by atoms with van der Waals surface area (Å²) < 4.78 is 27.6. The Hall–Kier alpha value is -1.11. The molecule has 0 heterocycles. The minimum Gasteiger partial charge on any atom is -0.378 e. The Labute approximate surface area is 122 Å². The lowest BCUT2D eigenvalue weighted by atomic mass is 9.89. The zero-order chi connectivity index (χ0) is 14.8. The average molecular weight is 318 g/mol. The van der Waals surface area contributed by atoms with Crippen molar-refractivity contribution in [2.24, 2.45) is 0 Å². The second-order valence-electron chi connectivity index (χ2n) is 4.68. The number of hydrogen-bond acceptors (Lipinski definition) is 4. The van der Waals surface area contributed by atoms with E-state index < -0.39 is 9.05 Å². The van der Waals surface area contributed by atoms with Crippen LogP contribution in [-0.4, -0.2) is 33.1 Å². The summed E-state index contributed by atoms with van der Waals surface area (Å²) >= 11 is 0. The summed E-state index contributed by atoms with van der Waals surface area (Å²) in [4.78, 5) is 11.9. The van der Waals surface area contributed by atoms with E-state index in [0.717, 1.165) is 12.8 Å². The Kier molecular flexibility index (Phi) is 4.67. The van der Waals surface area contributed by atoms with Gasteiger partial charge in [0.15, 0.2) is 0 Å². The van der Waals surface area contributed by atoms with Crippen LogP contribution in [0.1, 0.15) is 30.1 Å². The first kappa shape index (κ1) is 15.3. The number of carbonyl (C=O) groups excluding carboxylic acids is 1. The summed E-state index contributed by atoms with van der Waals surface area (Å²) in [6.45, 7) is 2.62. The number of nitrogens with one attached hydrogen (secondary N) is 1. The monoisotopic (exact) mass is 317 g/mol. The number of amides is 1. The number of benzene rings is 1. The number of ether oxygens (including phenoxy) is 1. The van der Waals surface area contributed by atoms with Crippen molar-refractivity contribution in [3.05, 3.63) is 29.8 Å². The molecule has 110 valence electrons. The van der Waals surface area contributed by atoms with Crippen LogP contribution in [0.2, 0.25) is 0 Å². The first-order valence-corrected chi connectivity index (χ1v) is 8.68. The number of halogens is 1. The normalized spacial score (nSPS) is 22.1. The molecule has 1 amide bonds. The van der Waals surface area contributed by atoms with E-state index in [4.69, 9.17) is 15.4 Å². The lowest BCUT2D eigenvalue weighted by Gasteiger charge is -2.35. The number of hydrogen-bond donors (Lipinski definition) is 1. The SMILES string of the molecule is CCOC1CC(NC(=O)c2ccc(S(=O)(=O)Cl)cc2)C1. The molecule has 7 heteroatoms. The van der Waals surface area contributed by atoms with Gasteiger partial charge in [-0.25, -0.2) is 8.42 Å². The fourth-order valence-electron chi connectivity index (χ4n) is 2.09. The van der Waals surface area contributed by atoms with E-state index in [1.807, 2.05) is 6.92 Å². The van der Waals surface area contributed by atoms with Crippen molar-refractivity contribution in [1.82, 2.24) is 5.32 Å². The molecule has 1 N–H and O–H groups in total. The predicted molar refractivity (Wildman–Crippen MR) is 75.4 cm³/mol. The van der Waals surface area contributed by atoms with Gasteiger partial charge in [0.25, 0.3) is 15.0 Å². The van der Waals surface area contributed by atoms with Crippen LogP contribution < -0.4 is 5.32 Å². The van der Waals surface area contributed by atoms with Gasteiger partial charge in [0.2, 0.25) is 0 Å². The fraction of sp³-hybridized carbons (Fsp3) is 0.462. The van der Waals surface area contributed by atoms with Gasteiger partial charge in [0.05, 0.1) is 11.0 Å². The summed E-state index contributed by atoms with van der Waals surface area (Å²) in [5.41, 5.74) is 0.411. The van der Waals surface area contributed by atoms with Crippen molar-refractivity contribution in [2.75, 3.05) is 6.61 Å². The zero-order valence-corrected chi connectivity index (χ0v) is 12.6. The van der Waals surface area contributed by atoms with Gasteiger partial charge in [-0.2, -0.15) is 0 Å². The molecule has 20 heavy (non-hydrogen) atoms. The Bertz CT molecular complexity index is 579. The minimum atomic E-state index is -3.75. The van der Waals surface area contributed by atoms with Crippen LogP contribution in [0.4, 0.5) is 0 Å². The van der Waals surface area contributed by atoms with Gasteiger partial charge in [0, 0.05) is 28.9 Å².